The van der Waals surface area contributed by atoms with Gasteiger partial charge in [-0.2, -0.15) is 0 Å². The van der Waals surface area contributed by atoms with E-state index < -0.39 is 0 Å². The predicted molar refractivity (Wildman–Crippen MR) is 62.0 cm³/mol. The van der Waals surface area contributed by atoms with Crippen molar-refractivity contribution in [1.29, 1.82) is 0 Å². The van der Waals surface area contributed by atoms with Gasteiger partial charge in [-0.3, -0.25) is 5.10 Å². The van der Waals surface area contributed by atoms with Gasteiger partial charge in [0.05, 0.1) is 0 Å². The van der Waals surface area contributed by atoms with E-state index in [0.29, 0.717) is 19.0 Å². The number of nitrogens with zero attached hydrogens (tertiary/aromatic N) is 1. The lowest BCUT2D eigenvalue weighted by molar-refractivity contribution is 0.293. The van der Waals surface area contributed by atoms with Crippen LogP contribution in [0, 0.1) is 6.92 Å². The van der Waals surface area contributed by atoms with E-state index >= 15 is 0 Å². The van der Waals surface area contributed by atoms with E-state index in [4.69, 9.17) is 10.5 Å². The average molecular weight is 217 g/mol. The zero-order valence-electron chi connectivity index (χ0n) is 9.23. The highest BCUT2D eigenvalue weighted by Gasteiger charge is 2.00. The Morgan fingerprint density at radius 2 is 2.12 bits per heavy atom. The Morgan fingerprint density at radius 1 is 1.31 bits per heavy atom. The fourth-order valence-corrected chi connectivity index (χ4v) is 1.47. The molecular formula is C12H15N3O. The zero-order chi connectivity index (χ0) is 11.4. The van der Waals surface area contributed by atoms with E-state index in [1.807, 2.05) is 37.3 Å². The van der Waals surface area contributed by atoms with Crippen LogP contribution in [0.15, 0.2) is 30.3 Å². The van der Waals surface area contributed by atoms with Crippen LogP contribution in [0.1, 0.15) is 16.8 Å². The molecule has 0 fully saturated rings. The summed E-state index contributed by atoms with van der Waals surface area (Å²) in [5, 5.41) is 6.83. The summed E-state index contributed by atoms with van der Waals surface area (Å²) >= 11 is 0. The van der Waals surface area contributed by atoms with Gasteiger partial charge in [-0.25, -0.2) is 0 Å². The third-order valence-corrected chi connectivity index (χ3v) is 2.30. The van der Waals surface area contributed by atoms with E-state index in [1.165, 1.54) is 0 Å². The lowest BCUT2D eigenvalue weighted by Gasteiger charge is -2.04. The Bertz CT molecular complexity index is 465. The number of aryl methyl sites for hydroxylation is 1. The van der Waals surface area contributed by atoms with Crippen LogP contribution in [-0.4, -0.2) is 10.2 Å². The second-order valence-corrected chi connectivity index (χ2v) is 3.70. The van der Waals surface area contributed by atoms with E-state index in [2.05, 4.69) is 10.2 Å². The Balaban J connectivity index is 1.99. The topological polar surface area (TPSA) is 63.9 Å². The first-order valence-corrected chi connectivity index (χ1v) is 5.20. The molecule has 1 aromatic heterocycles. The summed E-state index contributed by atoms with van der Waals surface area (Å²) in [4.78, 5) is 0. The van der Waals surface area contributed by atoms with Crippen LogP contribution in [0.4, 0.5) is 0 Å². The molecule has 0 radical (unpaired) electrons. The number of aromatic amines is 1. The zero-order valence-corrected chi connectivity index (χ0v) is 9.23. The summed E-state index contributed by atoms with van der Waals surface area (Å²) in [6.45, 7) is 3.00. The van der Waals surface area contributed by atoms with Gasteiger partial charge >= 0.3 is 0 Å². The number of rotatable bonds is 4. The van der Waals surface area contributed by atoms with Crippen LogP contribution in [0.5, 0.6) is 5.88 Å². The molecule has 0 aliphatic carbocycles. The summed E-state index contributed by atoms with van der Waals surface area (Å²) in [5.41, 5.74) is 8.77. The highest BCUT2D eigenvalue weighted by atomic mass is 16.5. The van der Waals surface area contributed by atoms with E-state index in [1.54, 1.807) is 0 Å². The minimum absolute atomic E-state index is 0.512. The van der Waals surface area contributed by atoms with Gasteiger partial charge in [0, 0.05) is 18.3 Å². The average Bonchev–Trinajstić information content (AvgIpc) is 2.73. The summed E-state index contributed by atoms with van der Waals surface area (Å²) < 4.78 is 5.53. The normalized spacial score (nSPS) is 10.4. The summed E-state index contributed by atoms with van der Waals surface area (Å²) in [7, 11) is 0. The Labute approximate surface area is 94.4 Å². The molecule has 0 spiro atoms. The van der Waals surface area contributed by atoms with Gasteiger partial charge < -0.3 is 10.5 Å². The fourth-order valence-electron chi connectivity index (χ4n) is 1.47. The van der Waals surface area contributed by atoms with Crippen LogP contribution >= 0.6 is 0 Å². The van der Waals surface area contributed by atoms with Gasteiger partial charge in [-0.15, -0.1) is 5.10 Å². The second kappa shape index (κ2) is 4.81. The highest BCUT2D eigenvalue weighted by molar-refractivity contribution is 5.23. The van der Waals surface area contributed by atoms with Crippen molar-refractivity contribution in [3.63, 3.8) is 0 Å². The van der Waals surface area contributed by atoms with Crippen LogP contribution < -0.4 is 10.5 Å². The maximum atomic E-state index is 5.57. The first kappa shape index (κ1) is 10.7. The maximum absolute atomic E-state index is 5.57. The van der Waals surface area contributed by atoms with Crippen LogP contribution in [0.25, 0.3) is 0 Å². The molecule has 0 saturated heterocycles. The SMILES string of the molecule is Cc1cc(OCc2cccc(CN)c2)n[nH]1. The lowest BCUT2D eigenvalue weighted by Crippen LogP contribution is -1.99. The number of hydrogen-bond donors (Lipinski definition) is 2. The minimum atomic E-state index is 0.512. The number of aromatic nitrogens is 2. The monoisotopic (exact) mass is 217 g/mol. The molecule has 0 unspecified atom stereocenters. The van der Waals surface area contributed by atoms with E-state index in [9.17, 15) is 0 Å². The molecule has 84 valence electrons. The summed E-state index contributed by atoms with van der Waals surface area (Å²) in [5.74, 6) is 0.621. The van der Waals surface area contributed by atoms with Gasteiger partial charge in [0.25, 0.3) is 0 Å². The molecule has 0 aliphatic rings. The minimum Gasteiger partial charge on any atom is -0.472 e. The van der Waals surface area contributed by atoms with Crippen molar-refractivity contribution in [2.45, 2.75) is 20.1 Å². The number of ether oxygens (including phenoxy) is 1. The van der Waals surface area contributed by atoms with Crippen molar-refractivity contribution < 1.29 is 4.74 Å². The van der Waals surface area contributed by atoms with Gasteiger partial charge in [-0.1, -0.05) is 24.3 Å². The number of hydrogen-bond acceptors (Lipinski definition) is 3. The van der Waals surface area contributed by atoms with Crippen LogP contribution in [0.3, 0.4) is 0 Å². The van der Waals surface area contributed by atoms with Crippen molar-refractivity contribution in [2.75, 3.05) is 0 Å². The van der Waals surface area contributed by atoms with E-state index in [-0.39, 0.29) is 0 Å². The summed E-state index contributed by atoms with van der Waals surface area (Å²) in [6, 6.07) is 9.91. The molecule has 0 saturated carbocycles. The van der Waals surface area contributed by atoms with Crippen LogP contribution in [0.2, 0.25) is 0 Å². The van der Waals surface area contributed by atoms with Crippen molar-refractivity contribution in [3.05, 3.63) is 47.2 Å². The Hall–Kier alpha value is -1.81. The smallest absolute Gasteiger partial charge is 0.233 e. The van der Waals surface area contributed by atoms with Crippen molar-refractivity contribution >= 4 is 0 Å². The largest absolute Gasteiger partial charge is 0.472 e. The Morgan fingerprint density at radius 3 is 2.81 bits per heavy atom. The first-order valence-electron chi connectivity index (χ1n) is 5.20. The van der Waals surface area contributed by atoms with Crippen molar-refractivity contribution in [3.8, 4) is 5.88 Å². The standard InChI is InChI=1S/C12H15N3O/c1-9-5-12(15-14-9)16-8-11-4-2-3-10(6-11)7-13/h2-6H,7-8,13H2,1H3,(H,14,15). The number of nitrogens with two attached hydrogens (primary N) is 1. The molecule has 3 N–H and O–H groups in total. The molecule has 2 rings (SSSR count). The molecule has 0 aliphatic heterocycles. The molecule has 4 nitrogen and oxygen atoms in total. The molecule has 1 aromatic carbocycles. The first-order chi connectivity index (χ1) is 7.78. The molecule has 4 heteroatoms. The Kier molecular flexibility index (Phi) is 3.22. The second-order valence-electron chi connectivity index (χ2n) is 3.70. The number of benzene rings is 1. The van der Waals surface area contributed by atoms with Gasteiger partial charge in [-0.05, 0) is 18.1 Å². The molecule has 1 heterocycles. The summed E-state index contributed by atoms with van der Waals surface area (Å²) in [6.07, 6.45) is 0. The number of nitrogens with one attached hydrogen (secondary N) is 1. The lowest BCUT2D eigenvalue weighted by atomic mass is 10.1. The van der Waals surface area contributed by atoms with Crippen LogP contribution in [-0.2, 0) is 13.2 Å². The maximum Gasteiger partial charge on any atom is 0.233 e. The quantitative estimate of drug-likeness (QED) is 0.820. The molecule has 0 atom stereocenters. The number of H-pyrrole nitrogens is 1. The van der Waals surface area contributed by atoms with Gasteiger partial charge in [0.15, 0.2) is 0 Å². The predicted octanol–water partition coefficient (Wildman–Crippen LogP) is 1.76. The third kappa shape index (κ3) is 2.61. The molecule has 16 heavy (non-hydrogen) atoms. The van der Waals surface area contributed by atoms with Gasteiger partial charge in [0.2, 0.25) is 5.88 Å². The molecular weight excluding hydrogens is 202 g/mol. The molecule has 0 bridgehead atoms. The fraction of sp³-hybridized carbons (Fsp3) is 0.250. The van der Waals surface area contributed by atoms with Crippen molar-refractivity contribution in [1.82, 2.24) is 10.2 Å². The van der Waals surface area contributed by atoms with Crippen molar-refractivity contribution in [2.24, 2.45) is 5.73 Å². The van der Waals surface area contributed by atoms with E-state index in [0.717, 1.165) is 16.8 Å². The molecule has 2 aromatic rings. The third-order valence-electron chi connectivity index (χ3n) is 2.30. The molecule has 0 amide bonds. The van der Waals surface area contributed by atoms with Gasteiger partial charge in [0.1, 0.15) is 6.61 Å². The highest BCUT2D eigenvalue weighted by Crippen LogP contribution is 2.11.